The summed E-state index contributed by atoms with van der Waals surface area (Å²) in [6.07, 6.45) is 0.745. The molecule has 9 heteroatoms. The van der Waals surface area contributed by atoms with E-state index in [2.05, 4.69) is 5.32 Å². The maximum absolute atomic E-state index is 11.9. The van der Waals surface area contributed by atoms with E-state index in [-0.39, 0.29) is 35.1 Å². The van der Waals surface area contributed by atoms with Crippen molar-refractivity contribution in [2.75, 3.05) is 32.5 Å². The van der Waals surface area contributed by atoms with Gasteiger partial charge in [0.2, 0.25) is 0 Å². The molecule has 0 aliphatic carbocycles. The molecule has 160 valence electrons. The van der Waals surface area contributed by atoms with Gasteiger partial charge >= 0.3 is 0 Å². The molecule has 1 heterocycles. The Kier molecular flexibility index (Phi) is 8.61. The van der Waals surface area contributed by atoms with E-state index in [4.69, 9.17) is 4.98 Å². The molecule has 0 saturated carbocycles. The number of pyridine rings is 1. The number of aryl methyl sites for hydroxylation is 2. The van der Waals surface area contributed by atoms with Gasteiger partial charge < -0.3 is 10.5 Å². The van der Waals surface area contributed by atoms with Crippen molar-refractivity contribution in [3.05, 3.63) is 46.7 Å². The van der Waals surface area contributed by atoms with E-state index in [9.17, 15) is 15.6 Å². The third kappa shape index (κ3) is 5.46. The summed E-state index contributed by atoms with van der Waals surface area (Å²) in [6.45, 7) is 5.17. The van der Waals surface area contributed by atoms with Crippen molar-refractivity contribution in [2.24, 2.45) is 0 Å². The molecule has 0 saturated heterocycles. The summed E-state index contributed by atoms with van der Waals surface area (Å²) in [6, 6.07) is 9.38. The number of quaternary nitrogens is 2. The Morgan fingerprint density at radius 2 is 1.72 bits per heavy atom. The Hall–Kier alpha value is -1.71. The molecule has 0 aliphatic rings. The Balaban J connectivity index is 0.00000210. The third-order valence-corrected chi connectivity index (χ3v) is 4.77. The molecule has 29 heavy (non-hydrogen) atoms. The number of para-hydroxylation sites is 1. The fourth-order valence-corrected chi connectivity index (χ4v) is 3.39. The van der Waals surface area contributed by atoms with E-state index in [1.54, 1.807) is 26.2 Å². The van der Waals surface area contributed by atoms with Crippen LogP contribution in [0.15, 0.2) is 30.3 Å². The maximum atomic E-state index is 11.9. The molecule has 0 radical (unpaired) electrons. The highest BCUT2D eigenvalue weighted by atomic mass is 35.5. The Bertz CT molecular complexity index is 991. The first-order valence-electron chi connectivity index (χ1n) is 9.04. The lowest BCUT2D eigenvalue weighted by Crippen LogP contribution is -2.99. The second kappa shape index (κ2) is 9.86. The summed E-state index contributed by atoms with van der Waals surface area (Å²) in [5, 5.41) is 35.4. The number of hydrogen-bond acceptors (Lipinski definition) is 5. The van der Waals surface area contributed by atoms with Gasteiger partial charge in [0, 0.05) is 24.4 Å². The van der Waals surface area contributed by atoms with Gasteiger partial charge in [-0.15, -0.1) is 24.8 Å². The number of nitrogens with one attached hydrogen (secondary N) is 2. The zero-order chi connectivity index (χ0) is 19.8. The van der Waals surface area contributed by atoms with Crippen molar-refractivity contribution in [1.29, 1.82) is 0 Å². The smallest absolute Gasteiger partial charge is 0.175 e. The fraction of sp³-hybridized carbons (Fsp3) is 0.350. The van der Waals surface area contributed by atoms with Crippen LogP contribution < -0.4 is 10.5 Å². The number of hydrogen-bond donors (Lipinski definition) is 4. The van der Waals surface area contributed by atoms with Crippen molar-refractivity contribution >= 4 is 58.0 Å². The topological polar surface area (TPSA) is 92.9 Å². The number of benzene rings is 2. The molecule has 3 rings (SSSR count). The average Bonchev–Trinajstić information content (AvgIpc) is 2.58. The van der Waals surface area contributed by atoms with Crippen LogP contribution in [-0.4, -0.2) is 47.2 Å². The second-order valence-electron chi connectivity index (χ2n) is 7.54. The summed E-state index contributed by atoms with van der Waals surface area (Å²) in [7, 11) is 3.46. The van der Waals surface area contributed by atoms with Gasteiger partial charge in [-0.25, -0.2) is 15.4 Å². The van der Waals surface area contributed by atoms with E-state index in [0.717, 1.165) is 34.1 Å². The largest absolute Gasteiger partial charge is 0.595 e. The standard InChI is InChI=1S/C20H27N4O3.2ClH/c1-13-7-5-8-15-18(13)22-19-14(2)9-10-16(23(25)26)17(19)20(15)21-11-6-12-24(3,4)27;;/h5,7-10,23,25,27H,6,11-12H2,1-4H3,(H,21,22);2*1H/q+1;;. The summed E-state index contributed by atoms with van der Waals surface area (Å²) in [4.78, 5) is 4.80. The van der Waals surface area contributed by atoms with Gasteiger partial charge in [-0.2, -0.15) is 9.87 Å². The molecule has 0 fully saturated rings. The van der Waals surface area contributed by atoms with Crippen molar-refractivity contribution in [3.63, 3.8) is 0 Å². The highest BCUT2D eigenvalue weighted by Gasteiger charge is 2.19. The van der Waals surface area contributed by atoms with E-state index in [1.807, 2.05) is 32.0 Å². The molecule has 0 spiro atoms. The van der Waals surface area contributed by atoms with Crippen molar-refractivity contribution in [1.82, 2.24) is 4.98 Å². The lowest BCUT2D eigenvalue weighted by molar-refractivity contribution is -1.07. The average molecular weight is 444 g/mol. The van der Waals surface area contributed by atoms with Crippen LogP contribution in [0.4, 0.5) is 11.4 Å². The van der Waals surface area contributed by atoms with Crippen LogP contribution in [0, 0.1) is 19.1 Å². The molecule has 1 aromatic heterocycles. The molecule has 0 bridgehead atoms. The number of rotatable bonds is 6. The first-order chi connectivity index (χ1) is 12.7. The van der Waals surface area contributed by atoms with E-state index < -0.39 is 5.23 Å². The number of halogens is 2. The number of nitrogens with zero attached hydrogens (tertiary/aromatic N) is 2. The van der Waals surface area contributed by atoms with Crippen LogP contribution in [0.3, 0.4) is 0 Å². The van der Waals surface area contributed by atoms with Gasteiger partial charge in [0.25, 0.3) is 0 Å². The Morgan fingerprint density at radius 1 is 1.07 bits per heavy atom. The molecule has 3 aromatic rings. The van der Waals surface area contributed by atoms with Gasteiger partial charge in [-0.3, -0.25) is 0 Å². The molecule has 4 N–H and O–H groups in total. The highest BCUT2D eigenvalue weighted by molar-refractivity contribution is 6.12. The highest BCUT2D eigenvalue weighted by Crippen LogP contribution is 2.36. The monoisotopic (exact) mass is 443 g/mol. The van der Waals surface area contributed by atoms with Crippen molar-refractivity contribution in [2.45, 2.75) is 20.3 Å². The molecular weight excluding hydrogens is 415 g/mol. The zero-order valence-electron chi connectivity index (χ0n) is 17.0. The molecule has 0 amide bonds. The summed E-state index contributed by atoms with van der Waals surface area (Å²) in [5.41, 5.74) is 4.60. The summed E-state index contributed by atoms with van der Waals surface area (Å²) in [5.74, 6) is 0. The SMILES string of the molecule is Cc1cccc2c(NCCC[N+](C)(C)O)c3c([NH+]([O-])O)ccc(C)c3nc12.Cl.Cl. The molecule has 1 atom stereocenters. The zero-order valence-corrected chi connectivity index (χ0v) is 18.7. The van der Waals surface area contributed by atoms with E-state index in [1.165, 1.54) is 0 Å². The Labute approximate surface area is 182 Å². The van der Waals surface area contributed by atoms with Gasteiger partial charge in [-0.05, 0) is 25.0 Å². The molecule has 7 nitrogen and oxygen atoms in total. The summed E-state index contributed by atoms with van der Waals surface area (Å²) >= 11 is 0. The van der Waals surface area contributed by atoms with Crippen molar-refractivity contribution in [3.8, 4) is 0 Å². The molecule has 2 aromatic carbocycles. The van der Waals surface area contributed by atoms with Crippen molar-refractivity contribution < 1.29 is 20.3 Å². The van der Waals surface area contributed by atoms with Crippen LogP contribution in [0.25, 0.3) is 21.8 Å². The maximum Gasteiger partial charge on any atom is 0.175 e. The second-order valence-corrected chi connectivity index (χ2v) is 7.54. The van der Waals surface area contributed by atoms with Crippen LogP contribution in [0.1, 0.15) is 17.5 Å². The van der Waals surface area contributed by atoms with E-state index >= 15 is 0 Å². The molecule has 0 aliphatic heterocycles. The first-order valence-corrected chi connectivity index (χ1v) is 9.04. The molecule has 1 unspecified atom stereocenters. The minimum atomic E-state index is -0.968. The van der Waals surface area contributed by atoms with Crippen LogP contribution >= 0.6 is 24.8 Å². The minimum Gasteiger partial charge on any atom is -0.595 e. The van der Waals surface area contributed by atoms with Crippen LogP contribution in [0.5, 0.6) is 0 Å². The van der Waals surface area contributed by atoms with Crippen LogP contribution in [-0.2, 0) is 0 Å². The normalized spacial score (nSPS) is 12.4. The number of fused-ring (bicyclic) bond motifs is 2. The van der Waals surface area contributed by atoms with Gasteiger partial charge in [0.15, 0.2) is 5.69 Å². The quantitative estimate of drug-likeness (QED) is 0.202. The van der Waals surface area contributed by atoms with Gasteiger partial charge in [-0.1, -0.05) is 24.3 Å². The first kappa shape index (κ1) is 25.3. The van der Waals surface area contributed by atoms with Gasteiger partial charge in [0.1, 0.15) is 6.54 Å². The minimum absolute atomic E-state index is 0. The molecular formula is C20H29Cl2N4O3+. The predicted molar refractivity (Wildman–Crippen MR) is 121 cm³/mol. The fourth-order valence-electron chi connectivity index (χ4n) is 3.39. The number of hydroxylamine groups is 3. The van der Waals surface area contributed by atoms with Crippen LogP contribution in [0.2, 0.25) is 0 Å². The number of aromatic nitrogens is 1. The predicted octanol–water partition coefficient (Wildman–Crippen LogP) is 3.52. The lowest BCUT2D eigenvalue weighted by atomic mass is 10.0. The Morgan fingerprint density at radius 3 is 2.34 bits per heavy atom. The lowest BCUT2D eigenvalue weighted by Gasteiger charge is -2.21. The third-order valence-electron chi connectivity index (χ3n) is 4.77. The number of anilines is 1. The van der Waals surface area contributed by atoms with Gasteiger partial charge in [0.05, 0.1) is 36.2 Å². The summed E-state index contributed by atoms with van der Waals surface area (Å²) < 4.78 is -0.0991. The van der Waals surface area contributed by atoms with E-state index in [0.29, 0.717) is 24.0 Å².